The summed E-state index contributed by atoms with van der Waals surface area (Å²) in [4.78, 5) is 24.0. The molecule has 0 fully saturated rings. The SMILES string of the molecule is COC(=O)c1ccc(-n2nc(-c3ccc(CNC(O)c4ccccc4OC)cc3)c(C(N)=O)c2N)cc1. The molecule has 0 bridgehead atoms. The number of aromatic nitrogens is 2. The second-order valence-corrected chi connectivity index (χ2v) is 8.15. The molecular weight excluding hydrogens is 474 g/mol. The van der Waals surface area contributed by atoms with Crippen LogP contribution in [0.25, 0.3) is 16.9 Å². The first-order valence-corrected chi connectivity index (χ1v) is 11.3. The van der Waals surface area contributed by atoms with Crippen molar-refractivity contribution in [1.29, 1.82) is 0 Å². The van der Waals surface area contributed by atoms with Crippen LogP contribution in [0.5, 0.6) is 5.75 Å². The Morgan fingerprint density at radius 3 is 2.32 bits per heavy atom. The number of carbonyl (C=O) groups is 2. The molecule has 190 valence electrons. The van der Waals surface area contributed by atoms with Crippen molar-refractivity contribution >= 4 is 17.7 Å². The van der Waals surface area contributed by atoms with Gasteiger partial charge in [-0.05, 0) is 35.9 Å². The Kier molecular flexibility index (Phi) is 7.52. The van der Waals surface area contributed by atoms with Gasteiger partial charge in [0.15, 0.2) is 0 Å². The van der Waals surface area contributed by atoms with Crippen LogP contribution < -0.4 is 21.5 Å². The van der Waals surface area contributed by atoms with Crippen LogP contribution in [-0.2, 0) is 11.3 Å². The number of ether oxygens (including phenoxy) is 2. The van der Waals surface area contributed by atoms with Gasteiger partial charge >= 0.3 is 5.97 Å². The lowest BCUT2D eigenvalue weighted by Gasteiger charge is -2.16. The van der Waals surface area contributed by atoms with Crippen molar-refractivity contribution in [1.82, 2.24) is 15.1 Å². The first-order valence-electron chi connectivity index (χ1n) is 11.3. The maximum atomic E-state index is 12.3. The first kappa shape index (κ1) is 25.4. The Balaban J connectivity index is 1.56. The lowest BCUT2D eigenvalue weighted by molar-refractivity contribution is 0.0600. The molecule has 1 aromatic heterocycles. The summed E-state index contributed by atoms with van der Waals surface area (Å²) >= 11 is 0. The Labute approximate surface area is 213 Å². The highest BCUT2D eigenvalue weighted by Gasteiger charge is 2.22. The van der Waals surface area contributed by atoms with Gasteiger partial charge in [0.25, 0.3) is 5.91 Å². The summed E-state index contributed by atoms with van der Waals surface area (Å²) in [5, 5.41) is 18.1. The highest BCUT2D eigenvalue weighted by Crippen LogP contribution is 2.30. The summed E-state index contributed by atoms with van der Waals surface area (Å²) < 4.78 is 11.4. The fourth-order valence-electron chi connectivity index (χ4n) is 3.93. The van der Waals surface area contributed by atoms with Crippen LogP contribution in [0.1, 0.15) is 38.1 Å². The fraction of sp³-hybridized carbons (Fsp3) is 0.148. The molecule has 37 heavy (non-hydrogen) atoms. The molecule has 1 heterocycles. The monoisotopic (exact) mass is 501 g/mol. The Morgan fingerprint density at radius 1 is 1.03 bits per heavy atom. The highest BCUT2D eigenvalue weighted by molar-refractivity contribution is 6.03. The van der Waals surface area contributed by atoms with Gasteiger partial charge in [0.2, 0.25) is 0 Å². The number of hydrogen-bond donors (Lipinski definition) is 4. The molecule has 1 unspecified atom stereocenters. The van der Waals surface area contributed by atoms with Crippen molar-refractivity contribution in [2.75, 3.05) is 20.0 Å². The van der Waals surface area contributed by atoms with Gasteiger partial charge in [-0.3, -0.25) is 10.1 Å². The number of primary amides is 1. The minimum absolute atomic E-state index is 0.0824. The number of methoxy groups -OCH3 is 2. The van der Waals surface area contributed by atoms with Crippen molar-refractivity contribution < 1.29 is 24.2 Å². The number of anilines is 1. The van der Waals surface area contributed by atoms with Crippen LogP contribution in [-0.4, -0.2) is 41.0 Å². The molecule has 0 aliphatic carbocycles. The van der Waals surface area contributed by atoms with Crippen LogP contribution in [0.15, 0.2) is 72.8 Å². The van der Waals surface area contributed by atoms with Crippen molar-refractivity contribution in [3.8, 4) is 22.7 Å². The number of nitrogen functional groups attached to an aromatic ring is 1. The summed E-state index contributed by atoms with van der Waals surface area (Å²) in [6, 6.07) is 21.0. The summed E-state index contributed by atoms with van der Waals surface area (Å²) in [7, 11) is 2.85. The molecule has 0 saturated heterocycles. The summed E-state index contributed by atoms with van der Waals surface area (Å²) in [6.07, 6.45) is -0.918. The fourth-order valence-corrected chi connectivity index (χ4v) is 3.93. The van der Waals surface area contributed by atoms with Crippen molar-refractivity contribution in [2.45, 2.75) is 12.8 Å². The number of amides is 1. The van der Waals surface area contributed by atoms with Gasteiger partial charge in [0.1, 0.15) is 29.1 Å². The van der Waals surface area contributed by atoms with E-state index in [1.165, 1.54) is 11.8 Å². The number of aliphatic hydroxyl groups is 1. The van der Waals surface area contributed by atoms with Gasteiger partial charge in [-0.1, -0.05) is 42.5 Å². The molecule has 10 nitrogen and oxygen atoms in total. The van der Waals surface area contributed by atoms with E-state index in [1.54, 1.807) is 55.6 Å². The van der Waals surface area contributed by atoms with Crippen molar-refractivity contribution in [2.24, 2.45) is 5.73 Å². The highest BCUT2D eigenvalue weighted by atomic mass is 16.5. The third-order valence-corrected chi connectivity index (χ3v) is 5.86. The average Bonchev–Trinajstić information content (AvgIpc) is 3.28. The zero-order chi connectivity index (χ0) is 26.5. The standard InChI is InChI=1S/C27H27N5O5/c1-36-21-6-4-3-5-20(21)26(34)30-15-16-7-9-17(10-8-16)23-22(25(29)33)24(28)32(31-23)19-13-11-18(12-14-19)27(35)37-2/h3-14,26,30,34H,15,28H2,1-2H3,(H2,29,33). The Bertz CT molecular complexity index is 1410. The molecule has 1 amide bonds. The number of nitrogens with one attached hydrogen (secondary N) is 1. The second kappa shape index (κ2) is 10.9. The number of para-hydroxylation sites is 1. The van der Waals surface area contributed by atoms with E-state index >= 15 is 0 Å². The van der Waals surface area contributed by atoms with E-state index in [4.69, 9.17) is 20.9 Å². The molecule has 4 rings (SSSR count). The van der Waals surface area contributed by atoms with Gasteiger partial charge in [-0.2, -0.15) is 5.10 Å². The molecule has 0 aliphatic rings. The van der Waals surface area contributed by atoms with Crippen molar-refractivity contribution in [3.63, 3.8) is 0 Å². The average molecular weight is 502 g/mol. The third kappa shape index (κ3) is 5.30. The van der Waals surface area contributed by atoms with Gasteiger partial charge in [-0.25, -0.2) is 9.48 Å². The number of hydrogen-bond acceptors (Lipinski definition) is 8. The molecule has 0 radical (unpaired) electrons. The molecule has 6 N–H and O–H groups in total. The molecule has 1 atom stereocenters. The van der Waals surface area contributed by atoms with E-state index in [0.717, 1.165) is 5.56 Å². The van der Waals surface area contributed by atoms with E-state index in [9.17, 15) is 14.7 Å². The number of rotatable bonds is 9. The zero-order valence-corrected chi connectivity index (χ0v) is 20.3. The first-order chi connectivity index (χ1) is 17.8. The Morgan fingerprint density at radius 2 is 1.70 bits per heavy atom. The molecule has 10 heteroatoms. The van der Waals surface area contributed by atoms with Gasteiger partial charge in [0.05, 0.1) is 25.5 Å². The van der Waals surface area contributed by atoms with E-state index in [0.29, 0.717) is 40.4 Å². The van der Waals surface area contributed by atoms with Gasteiger partial charge in [0, 0.05) is 17.7 Å². The smallest absolute Gasteiger partial charge is 0.337 e. The number of aliphatic hydroxyl groups excluding tert-OH is 1. The molecular formula is C27H27N5O5. The van der Waals surface area contributed by atoms with Crippen LogP contribution in [0.4, 0.5) is 5.82 Å². The summed E-state index contributed by atoms with van der Waals surface area (Å²) in [5.74, 6) is -0.511. The van der Waals surface area contributed by atoms with Crippen LogP contribution in [0, 0.1) is 0 Å². The van der Waals surface area contributed by atoms with Crippen LogP contribution in [0.3, 0.4) is 0 Å². The van der Waals surface area contributed by atoms with E-state index in [1.807, 2.05) is 24.3 Å². The number of carbonyl (C=O) groups excluding carboxylic acids is 2. The Hall–Kier alpha value is -4.67. The summed E-state index contributed by atoms with van der Waals surface area (Å²) in [6.45, 7) is 0.380. The molecule has 3 aromatic carbocycles. The quantitative estimate of drug-likeness (QED) is 0.202. The molecule has 4 aromatic rings. The number of nitrogens with two attached hydrogens (primary N) is 2. The van der Waals surface area contributed by atoms with Gasteiger partial charge in [-0.15, -0.1) is 0 Å². The maximum absolute atomic E-state index is 12.3. The second-order valence-electron chi connectivity index (χ2n) is 8.15. The van der Waals surface area contributed by atoms with E-state index < -0.39 is 18.1 Å². The van der Waals surface area contributed by atoms with Crippen LogP contribution >= 0.6 is 0 Å². The minimum atomic E-state index is -0.918. The van der Waals surface area contributed by atoms with Crippen molar-refractivity contribution in [3.05, 3.63) is 95.1 Å². The summed E-state index contributed by atoms with van der Waals surface area (Å²) in [5.41, 5.74) is 15.4. The maximum Gasteiger partial charge on any atom is 0.337 e. The van der Waals surface area contributed by atoms with E-state index in [-0.39, 0.29) is 11.4 Å². The number of nitrogens with zero attached hydrogens (tertiary/aromatic N) is 2. The predicted octanol–water partition coefficient (Wildman–Crippen LogP) is 2.80. The molecule has 0 saturated carbocycles. The molecule has 0 spiro atoms. The number of benzene rings is 3. The normalized spacial score (nSPS) is 11.6. The van der Waals surface area contributed by atoms with Gasteiger partial charge < -0.3 is 26.0 Å². The third-order valence-electron chi connectivity index (χ3n) is 5.86. The lowest BCUT2D eigenvalue weighted by atomic mass is 10.0. The molecule has 0 aliphatic heterocycles. The van der Waals surface area contributed by atoms with Crippen LogP contribution in [0.2, 0.25) is 0 Å². The topological polar surface area (TPSA) is 155 Å². The zero-order valence-electron chi connectivity index (χ0n) is 20.3. The van der Waals surface area contributed by atoms with E-state index in [2.05, 4.69) is 10.4 Å². The largest absolute Gasteiger partial charge is 0.496 e. The lowest BCUT2D eigenvalue weighted by Crippen LogP contribution is -2.20. The number of esters is 1. The predicted molar refractivity (Wildman–Crippen MR) is 138 cm³/mol. The minimum Gasteiger partial charge on any atom is -0.496 e.